The van der Waals surface area contributed by atoms with Gasteiger partial charge in [-0.1, -0.05) is 11.6 Å². The van der Waals surface area contributed by atoms with E-state index in [-0.39, 0.29) is 9.92 Å². The van der Waals surface area contributed by atoms with Crippen molar-refractivity contribution >= 4 is 27.3 Å². The lowest BCUT2D eigenvalue weighted by molar-refractivity contribution is 0.192. The molecule has 0 aliphatic carbocycles. The van der Waals surface area contributed by atoms with E-state index in [1.54, 1.807) is 20.1 Å². The van der Waals surface area contributed by atoms with Crippen molar-refractivity contribution in [3.05, 3.63) is 22.7 Å². The van der Waals surface area contributed by atoms with Gasteiger partial charge in [0.25, 0.3) is 0 Å². The lowest BCUT2D eigenvalue weighted by Crippen LogP contribution is -2.25. The van der Waals surface area contributed by atoms with Gasteiger partial charge < -0.3 is 10.5 Å². The van der Waals surface area contributed by atoms with Crippen LogP contribution in [0.1, 0.15) is 24.8 Å². The Labute approximate surface area is 125 Å². The van der Waals surface area contributed by atoms with Crippen molar-refractivity contribution < 1.29 is 13.2 Å². The molecule has 0 radical (unpaired) electrons. The zero-order chi connectivity index (χ0) is 15.2. The number of hydrogen-bond donors (Lipinski definition) is 2. The van der Waals surface area contributed by atoms with Crippen molar-refractivity contribution in [3.8, 4) is 0 Å². The van der Waals surface area contributed by atoms with Crippen molar-refractivity contribution in [2.45, 2.75) is 31.1 Å². The van der Waals surface area contributed by atoms with Crippen LogP contribution in [0.5, 0.6) is 0 Å². The number of benzene rings is 1. The van der Waals surface area contributed by atoms with Gasteiger partial charge in [-0.15, -0.1) is 0 Å². The fourth-order valence-corrected chi connectivity index (χ4v) is 3.40. The van der Waals surface area contributed by atoms with E-state index < -0.39 is 10.0 Å². The number of sulfonamides is 1. The highest BCUT2D eigenvalue weighted by Crippen LogP contribution is 2.26. The van der Waals surface area contributed by atoms with Crippen molar-refractivity contribution in [2.75, 3.05) is 26.0 Å². The third-order valence-electron chi connectivity index (χ3n) is 2.93. The number of hydrogen-bond acceptors (Lipinski definition) is 4. The molecule has 1 aromatic carbocycles. The minimum absolute atomic E-state index is 0.0270. The average Bonchev–Trinajstić information content (AvgIpc) is 2.37. The second kappa shape index (κ2) is 7.83. The zero-order valence-corrected chi connectivity index (χ0v) is 13.4. The molecule has 0 saturated heterocycles. The summed E-state index contributed by atoms with van der Waals surface area (Å²) < 4.78 is 31.7. The number of methoxy groups -OCH3 is 1. The van der Waals surface area contributed by atoms with Gasteiger partial charge in [-0.2, -0.15) is 0 Å². The Morgan fingerprint density at radius 1 is 1.30 bits per heavy atom. The van der Waals surface area contributed by atoms with E-state index in [1.807, 2.05) is 0 Å². The predicted octanol–water partition coefficient (Wildman–Crippen LogP) is 2.33. The Balaban J connectivity index is 2.63. The van der Waals surface area contributed by atoms with Crippen LogP contribution in [0.4, 0.5) is 5.69 Å². The molecule has 0 bridgehead atoms. The summed E-state index contributed by atoms with van der Waals surface area (Å²) in [5.74, 6) is 0. The molecule has 0 spiro atoms. The summed E-state index contributed by atoms with van der Waals surface area (Å²) in [6.07, 6.45) is 2.57. The monoisotopic (exact) mass is 320 g/mol. The van der Waals surface area contributed by atoms with Crippen LogP contribution in [0.15, 0.2) is 17.0 Å². The summed E-state index contributed by atoms with van der Waals surface area (Å²) in [4.78, 5) is 0.0270. The van der Waals surface area contributed by atoms with E-state index in [0.29, 0.717) is 18.8 Å². The molecule has 3 N–H and O–H groups in total. The van der Waals surface area contributed by atoms with Crippen LogP contribution in [0.2, 0.25) is 5.02 Å². The Hall–Kier alpha value is -0.820. The highest BCUT2D eigenvalue weighted by molar-refractivity contribution is 7.89. The highest BCUT2D eigenvalue weighted by Gasteiger charge is 2.18. The van der Waals surface area contributed by atoms with E-state index in [1.165, 1.54) is 6.07 Å². The molecule has 20 heavy (non-hydrogen) atoms. The first-order valence-electron chi connectivity index (χ1n) is 6.42. The molecule has 7 heteroatoms. The lowest BCUT2D eigenvalue weighted by atomic mass is 10.2. The summed E-state index contributed by atoms with van der Waals surface area (Å²) in [6, 6.07) is 2.95. The van der Waals surface area contributed by atoms with Crippen LogP contribution < -0.4 is 10.5 Å². The van der Waals surface area contributed by atoms with Crippen LogP contribution in [0.25, 0.3) is 0 Å². The van der Waals surface area contributed by atoms with E-state index in [9.17, 15) is 8.42 Å². The number of rotatable bonds is 8. The summed E-state index contributed by atoms with van der Waals surface area (Å²) in [6.45, 7) is 2.84. The lowest BCUT2D eigenvalue weighted by Gasteiger charge is -2.10. The molecule has 0 aromatic heterocycles. The number of anilines is 1. The van der Waals surface area contributed by atoms with Crippen LogP contribution in [0, 0.1) is 6.92 Å². The molecule has 0 saturated carbocycles. The molecule has 0 aliphatic rings. The van der Waals surface area contributed by atoms with Crippen LogP contribution in [0.3, 0.4) is 0 Å². The third kappa shape index (κ3) is 4.94. The molecule has 0 amide bonds. The summed E-state index contributed by atoms with van der Waals surface area (Å²) >= 11 is 5.98. The molecule has 0 fully saturated rings. The SMILES string of the molecule is COCCCCCNS(=O)(=O)c1cc(N)c(C)cc1Cl. The maximum atomic E-state index is 12.1. The summed E-state index contributed by atoms with van der Waals surface area (Å²) in [5.41, 5.74) is 6.90. The number of halogens is 1. The van der Waals surface area contributed by atoms with E-state index in [4.69, 9.17) is 22.1 Å². The minimum Gasteiger partial charge on any atom is -0.398 e. The van der Waals surface area contributed by atoms with E-state index in [2.05, 4.69) is 4.72 Å². The van der Waals surface area contributed by atoms with Gasteiger partial charge in [0.05, 0.1) is 5.02 Å². The van der Waals surface area contributed by atoms with Crippen molar-refractivity contribution in [2.24, 2.45) is 0 Å². The first kappa shape index (κ1) is 17.2. The standard InChI is InChI=1S/C13H21ClN2O3S/c1-10-8-11(14)13(9-12(10)15)20(17,18)16-6-4-3-5-7-19-2/h8-9,16H,3-7,15H2,1-2H3. The number of nitrogens with one attached hydrogen (secondary N) is 1. The number of nitrogen functional groups attached to an aromatic ring is 1. The highest BCUT2D eigenvalue weighted by atomic mass is 35.5. The van der Waals surface area contributed by atoms with Gasteiger partial charge in [-0.25, -0.2) is 13.1 Å². The second-order valence-corrected chi connectivity index (χ2v) is 6.73. The Kier molecular flexibility index (Phi) is 6.75. The number of aryl methyl sites for hydroxylation is 1. The van der Waals surface area contributed by atoms with Crippen LogP contribution >= 0.6 is 11.6 Å². The Morgan fingerprint density at radius 3 is 2.65 bits per heavy atom. The zero-order valence-electron chi connectivity index (χ0n) is 11.8. The largest absolute Gasteiger partial charge is 0.398 e. The van der Waals surface area contributed by atoms with Gasteiger partial charge >= 0.3 is 0 Å². The number of unbranched alkanes of at least 4 members (excludes halogenated alkanes) is 2. The third-order valence-corrected chi connectivity index (χ3v) is 4.85. The Morgan fingerprint density at radius 2 is 2.00 bits per heavy atom. The quantitative estimate of drug-likeness (QED) is 0.569. The van der Waals surface area contributed by atoms with Gasteiger partial charge in [0.15, 0.2) is 0 Å². The van der Waals surface area contributed by atoms with Gasteiger partial charge in [0.1, 0.15) is 4.90 Å². The van der Waals surface area contributed by atoms with E-state index >= 15 is 0 Å². The smallest absolute Gasteiger partial charge is 0.242 e. The molecule has 0 heterocycles. The molecule has 0 aliphatic heterocycles. The molecule has 114 valence electrons. The average molecular weight is 321 g/mol. The van der Waals surface area contributed by atoms with Crippen molar-refractivity contribution in [3.63, 3.8) is 0 Å². The maximum absolute atomic E-state index is 12.1. The maximum Gasteiger partial charge on any atom is 0.242 e. The predicted molar refractivity (Wildman–Crippen MR) is 81.5 cm³/mol. The van der Waals surface area contributed by atoms with Gasteiger partial charge in [0.2, 0.25) is 10.0 Å². The molecular weight excluding hydrogens is 300 g/mol. The fourth-order valence-electron chi connectivity index (χ4n) is 1.71. The van der Waals surface area contributed by atoms with Gasteiger partial charge in [-0.05, 0) is 43.9 Å². The number of ether oxygens (including phenoxy) is 1. The van der Waals surface area contributed by atoms with Crippen molar-refractivity contribution in [1.29, 1.82) is 0 Å². The minimum atomic E-state index is -3.62. The first-order valence-corrected chi connectivity index (χ1v) is 8.29. The molecular formula is C13H21ClN2O3S. The topological polar surface area (TPSA) is 81.4 Å². The molecule has 1 aromatic rings. The summed E-state index contributed by atoms with van der Waals surface area (Å²) in [7, 11) is -1.97. The van der Waals surface area contributed by atoms with E-state index in [0.717, 1.165) is 24.8 Å². The normalized spacial score (nSPS) is 11.8. The van der Waals surface area contributed by atoms with Gasteiger partial charge in [0, 0.05) is 25.9 Å². The fraction of sp³-hybridized carbons (Fsp3) is 0.538. The number of nitrogens with two attached hydrogens (primary N) is 1. The second-order valence-electron chi connectivity index (χ2n) is 4.59. The van der Waals surface area contributed by atoms with Crippen LogP contribution in [-0.2, 0) is 14.8 Å². The molecule has 5 nitrogen and oxygen atoms in total. The van der Waals surface area contributed by atoms with Crippen molar-refractivity contribution in [1.82, 2.24) is 4.72 Å². The summed E-state index contributed by atoms with van der Waals surface area (Å²) in [5, 5.41) is 0.184. The molecule has 0 atom stereocenters. The molecule has 1 rings (SSSR count). The van der Waals surface area contributed by atoms with Gasteiger partial charge in [-0.3, -0.25) is 0 Å². The first-order chi connectivity index (χ1) is 9.38. The molecule has 0 unspecified atom stereocenters. The Bertz CT molecular complexity index is 547. The van der Waals surface area contributed by atoms with Crippen LogP contribution in [-0.4, -0.2) is 28.7 Å².